The predicted octanol–water partition coefficient (Wildman–Crippen LogP) is 4.18. The second-order valence-corrected chi connectivity index (χ2v) is 7.56. The number of anilines is 1. The van der Waals surface area contributed by atoms with Crippen molar-refractivity contribution in [1.82, 2.24) is 10.3 Å². The first-order valence-corrected chi connectivity index (χ1v) is 10.7. The van der Waals surface area contributed by atoms with Crippen LogP contribution in [0.5, 0.6) is 5.75 Å². The summed E-state index contributed by atoms with van der Waals surface area (Å²) < 4.78 is 19.6. The van der Waals surface area contributed by atoms with Crippen LogP contribution in [0.2, 0.25) is 5.02 Å². The molecule has 2 aromatic carbocycles. The highest BCUT2D eigenvalue weighted by Gasteiger charge is 2.24. The first-order valence-electron chi connectivity index (χ1n) is 10.3. The van der Waals surface area contributed by atoms with Crippen molar-refractivity contribution in [2.24, 2.45) is 0 Å². The number of nitrogens with one attached hydrogen (secondary N) is 2. The van der Waals surface area contributed by atoms with Crippen LogP contribution in [0.3, 0.4) is 0 Å². The Kier molecular flexibility index (Phi) is 8.60. The third-order valence-electron chi connectivity index (χ3n) is 4.72. The Morgan fingerprint density at radius 3 is 2.55 bits per heavy atom. The number of ether oxygens (including phenoxy) is 1. The summed E-state index contributed by atoms with van der Waals surface area (Å²) >= 11 is 5.89. The quantitative estimate of drug-likeness (QED) is 0.363. The minimum atomic E-state index is -1.25. The fourth-order valence-corrected chi connectivity index (χ4v) is 3.30. The van der Waals surface area contributed by atoms with Crippen molar-refractivity contribution in [1.29, 1.82) is 0 Å². The van der Waals surface area contributed by atoms with Crippen LogP contribution in [-0.2, 0) is 11.2 Å². The largest absolute Gasteiger partial charge is 0.494 e. The minimum Gasteiger partial charge on any atom is -0.494 e. The number of carboxylic acids is 1. The lowest BCUT2D eigenvalue weighted by Gasteiger charge is -2.16. The average Bonchev–Trinajstić information content (AvgIpc) is 2.80. The van der Waals surface area contributed by atoms with Gasteiger partial charge >= 0.3 is 5.97 Å². The fourth-order valence-electron chi connectivity index (χ4n) is 3.05. The molecule has 1 aromatic heterocycles. The first kappa shape index (κ1) is 24.0. The molecule has 0 bridgehead atoms. The number of benzene rings is 2. The average molecular weight is 472 g/mol. The molecule has 0 saturated carbocycles. The van der Waals surface area contributed by atoms with Crippen molar-refractivity contribution in [3.63, 3.8) is 0 Å². The van der Waals surface area contributed by atoms with Gasteiger partial charge in [-0.15, -0.1) is 0 Å². The van der Waals surface area contributed by atoms with E-state index in [1.807, 2.05) is 18.2 Å². The van der Waals surface area contributed by atoms with Gasteiger partial charge in [-0.05, 0) is 48.4 Å². The Bertz CT molecular complexity index is 1060. The van der Waals surface area contributed by atoms with E-state index >= 15 is 0 Å². The van der Waals surface area contributed by atoms with Crippen molar-refractivity contribution in [2.75, 3.05) is 18.5 Å². The molecule has 0 fully saturated rings. The Morgan fingerprint density at radius 1 is 1.09 bits per heavy atom. The van der Waals surface area contributed by atoms with Gasteiger partial charge in [0.15, 0.2) is 0 Å². The number of carbonyl (C=O) groups is 2. The van der Waals surface area contributed by atoms with Crippen molar-refractivity contribution in [3.8, 4) is 5.75 Å². The number of aliphatic carboxylic acids is 1. The van der Waals surface area contributed by atoms with E-state index < -0.39 is 23.7 Å². The van der Waals surface area contributed by atoms with Crippen molar-refractivity contribution in [3.05, 3.63) is 88.8 Å². The minimum absolute atomic E-state index is 0.0153. The van der Waals surface area contributed by atoms with Crippen molar-refractivity contribution in [2.45, 2.75) is 18.9 Å². The molecule has 0 radical (unpaired) electrons. The van der Waals surface area contributed by atoms with E-state index in [9.17, 15) is 19.1 Å². The van der Waals surface area contributed by atoms with Crippen LogP contribution in [0.4, 0.5) is 10.2 Å². The van der Waals surface area contributed by atoms with Gasteiger partial charge in [-0.3, -0.25) is 4.79 Å². The summed E-state index contributed by atoms with van der Waals surface area (Å²) in [4.78, 5) is 28.2. The number of carboxylic acid groups (broad SMARTS) is 1. The van der Waals surface area contributed by atoms with E-state index in [0.29, 0.717) is 24.5 Å². The normalized spacial score (nSPS) is 11.5. The number of aromatic nitrogens is 1. The van der Waals surface area contributed by atoms with Crippen LogP contribution >= 0.6 is 11.6 Å². The molecule has 0 aliphatic carbocycles. The van der Waals surface area contributed by atoms with E-state index in [1.54, 1.807) is 30.5 Å². The number of amides is 1. The standard InChI is InChI=1S/C24H23ClFN3O4/c25-18-5-3-6-19(26)22(18)23(30)29-20(24(31)32)15-16-8-10-17(11-9-16)33-14-4-13-28-21-7-1-2-12-27-21/h1-3,5-12,20H,4,13-15H2,(H,27,28)(H,29,30)(H,31,32)/t20-/m0/s1. The van der Waals surface area contributed by atoms with E-state index in [0.717, 1.165) is 18.3 Å². The molecule has 3 N–H and O–H groups in total. The number of carbonyl (C=O) groups excluding carboxylic acids is 1. The van der Waals surface area contributed by atoms with Gasteiger partial charge in [0.25, 0.3) is 5.91 Å². The van der Waals surface area contributed by atoms with Crippen molar-refractivity contribution < 1.29 is 23.8 Å². The van der Waals surface area contributed by atoms with E-state index in [1.165, 1.54) is 12.1 Å². The molecule has 0 spiro atoms. The number of halogens is 2. The van der Waals surface area contributed by atoms with Crippen molar-refractivity contribution >= 4 is 29.3 Å². The van der Waals surface area contributed by atoms with Gasteiger partial charge in [-0.25, -0.2) is 14.2 Å². The fraction of sp³-hybridized carbons (Fsp3) is 0.208. The van der Waals surface area contributed by atoms with Gasteiger partial charge in [0, 0.05) is 19.2 Å². The number of nitrogens with zero attached hydrogens (tertiary/aromatic N) is 1. The molecular weight excluding hydrogens is 449 g/mol. The van der Waals surface area contributed by atoms with Gasteiger partial charge < -0.3 is 20.5 Å². The highest BCUT2D eigenvalue weighted by atomic mass is 35.5. The lowest BCUT2D eigenvalue weighted by Crippen LogP contribution is -2.42. The summed E-state index contributed by atoms with van der Waals surface area (Å²) in [5.74, 6) is -1.49. The Morgan fingerprint density at radius 2 is 1.88 bits per heavy atom. The predicted molar refractivity (Wildman–Crippen MR) is 123 cm³/mol. The lowest BCUT2D eigenvalue weighted by atomic mass is 10.0. The molecule has 33 heavy (non-hydrogen) atoms. The summed E-state index contributed by atoms with van der Waals surface area (Å²) in [5.41, 5.74) is 0.290. The molecule has 1 amide bonds. The summed E-state index contributed by atoms with van der Waals surface area (Å²) in [5, 5.41) is 14.9. The molecule has 1 atom stereocenters. The van der Waals surface area contributed by atoms with Crippen LogP contribution in [0.25, 0.3) is 0 Å². The summed E-state index contributed by atoms with van der Waals surface area (Å²) in [6.07, 6.45) is 2.50. The van der Waals surface area contributed by atoms with Crippen LogP contribution in [0.1, 0.15) is 22.3 Å². The number of pyridine rings is 1. The third-order valence-corrected chi connectivity index (χ3v) is 5.03. The number of hydrogen-bond acceptors (Lipinski definition) is 5. The molecule has 0 saturated heterocycles. The molecule has 0 aliphatic rings. The maximum Gasteiger partial charge on any atom is 0.326 e. The second kappa shape index (κ2) is 11.8. The molecule has 9 heteroatoms. The Balaban J connectivity index is 1.49. The first-order chi connectivity index (χ1) is 15.9. The zero-order valence-corrected chi connectivity index (χ0v) is 18.4. The molecule has 172 valence electrons. The van der Waals surface area contributed by atoms with Crippen LogP contribution in [0, 0.1) is 5.82 Å². The lowest BCUT2D eigenvalue weighted by molar-refractivity contribution is -0.139. The number of rotatable bonds is 11. The SMILES string of the molecule is O=C(N[C@@H](Cc1ccc(OCCCNc2ccccn2)cc1)C(=O)O)c1c(F)cccc1Cl. The summed E-state index contributed by atoms with van der Waals surface area (Å²) in [6, 6.07) is 15.1. The van der Waals surface area contributed by atoms with Gasteiger partial charge in [-0.2, -0.15) is 0 Å². The monoisotopic (exact) mass is 471 g/mol. The topological polar surface area (TPSA) is 101 Å². The van der Waals surface area contributed by atoms with Gasteiger partial charge in [0.1, 0.15) is 23.4 Å². The van der Waals surface area contributed by atoms with Crippen LogP contribution in [-0.4, -0.2) is 41.2 Å². The Labute approximate surface area is 195 Å². The molecule has 1 heterocycles. The third kappa shape index (κ3) is 7.18. The molecule has 7 nitrogen and oxygen atoms in total. The van der Waals surface area contributed by atoms with E-state index in [4.69, 9.17) is 16.3 Å². The summed E-state index contributed by atoms with van der Waals surface area (Å²) in [7, 11) is 0. The zero-order valence-electron chi connectivity index (χ0n) is 17.6. The highest BCUT2D eigenvalue weighted by Crippen LogP contribution is 2.19. The maximum absolute atomic E-state index is 13.9. The zero-order chi connectivity index (χ0) is 23.6. The van der Waals surface area contributed by atoms with E-state index in [2.05, 4.69) is 15.6 Å². The second-order valence-electron chi connectivity index (χ2n) is 7.15. The van der Waals surface area contributed by atoms with Gasteiger partial charge in [0.2, 0.25) is 0 Å². The van der Waals surface area contributed by atoms with Crippen LogP contribution < -0.4 is 15.4 Å². The summed E-state index contributed by atoms with van der Waals surface area (Å²) in [6.45, 7) is 1.21. The van der Waals surface area contributed by atoms with Gasteiger partial charge in [0.05, 0.1) is 17.2 Å². The Hall–Kier alpha value is -3.65. The van der Waals surface area contributed by atoms with Crippen LogP contribution in [0.15, 0.2) is 66.9 Å². The van der Waals surface area contributed by atoms with Gasteiger partial charge in [-0.1, -0.05) is 35.9 Å². The smallest absolute Gasteiger partial charge is 0.326 e. The number of hydrogen-bond donors (Lipinski definition) is 3. The molecule has 0 aliphatic heterocycles. The maximum atomic E-state index is 13.9. The molecular formula is C24H23ClFN3O4. The molecule has 3 aromatic rings. The highest BCUT2D eigenvalue weighted by molar-refractivity contribution is 6.33. The van der Waals surface area contributed by atoms with E-state index in [-0.39, 0.29) is 17.0 Å². The molecule has 3 rings (SSSR count). The molecule has 0 unspecified atom stereocenters.